The molecule has 2 fully saturated rings. The number of nitrogens with zero attached hydrogens (tertiary/aromatic N) is 4. The predicted octanol–water partition coefficient (Wildman–Crippen LogP) is 2.38. The van der Waals surface area contributed by atoms with Gasteiger partial charge in [-0.25, -0.2) is 8.42 Å². The maximum Gasteiger partial charge on any atom is 0.243 e. The molecule has 0 aliphatic carbocycles. The van der Waals surface area contributed by atoms with Crippen LogP contribution in [0.5, 0.6) is 0 Å². The average Bonchev–Trinajstić information content (AvgIpc) is 3.18. The topological polar surface area (TPSA) is 87.0 Å². The van der Waals surface area contributed by atoms with Gasteiger partial charge >= 0.3 is 0 Å². The smallest absolute Gasteiger partial charge is 0.243 e. The van der Waals surface area contributed by atoms with Crippen molar-refractivity contribution in [3.8, 4) is 0 Å². The number of piperidine rings is 1. The molecule has 2 aliphatic heterocycles. The van der Waals surface area contributed by atoms with E-state index in [1.807, 2.05) is 17.9 Å². The molecule has 0 saturated carbocycles. The molecule has 31 heavy (non-hydrogen) atoms. The molecule has 1 amide bonds. The van der Waals surface area contributed by atoms with E-state index in [0.29, 0.717) is 44.0 Å². The summed E-state index contributed by atoms with van der Waals surface area (Å²) in [6.45, 7) is 6.00. The van der Waals surface area contributed by atoms with Gasteiger partial charge in [0.25, 0.3) is 0 Å². The van der Waals surface area contributed by atoms with E-state index in [9.17, 15) is 13.2 Å². The lowest BCUT2D eigenvalue weighted by atomic mass is 9.97. The van der Waals surface area contributed by atoms with E-state index >= 15 is 0 Å². The minimum absolute atomic E-state index is 0.0474. The van der Waals surface area contributed by atoms with E-state index in [-0.39, 0.29) is 23.3 Å². The molecule has 2 aromatic rings. The fraction of sp³-hybridized carbons (Fsp3) is 0.524. The second-order valence-corrected chi connectivity index (χ2v) is 10.6. The summed E-state index contributed by atoms with van der Waals surface area (Å²) < 4.78 is 32.7. The number of hydrogen-bond acceptors (Lipinski definition) is 6. The third kappa shape index (κ3) is 5.11. The summed E-state index contributed by atoms with van der Waals surface area (Å²) in [4.78, 5) is 17.4. The fourth-order valence-corrected chi connectivity index (χ4v) is 5.86. The highest BCUT2D eigenvalue weighted by atomic mass is 35.5. The van der Waals surface area contributed by atoms with Crippen molar-refractivity contribution in [2.75, 3.05) is 39.3 Å². The Kier molecular flexibility index (Phi) is 6.66. The number of piperazine rings is 1. The van der Waals surface area contributed by atoms with Gasteiger partial charge in [-0.15, -0.1) is 0 Å². The highest BCUT2D eigenvalue weighted by Gasteiger charge is 2.35. The molecule has 168 valence electrons. The molecule has 1 atom stereocenters. The van der Waals surface area contributed by atoms with Crippen LogP contribution < -0.4 is 0 Å². The zero-order valence-electron chi connectivity index (χ0n) is 17.5. The molecule has 0 bridgehead atoms. The monoisotopic (exact) mass is 466 g/mol. The fourth-order valence-electron chi connectivity index (χ4n) is 4.21. The Bertz CT molecular complexity index is 1020. The number of carbonyl (C=O) groups is 1. The molecule has 1 unspecified atom stereocenters. The first kappa shape index (κ1) is 22.3. The lowest BCUT2D eigenvalue weighted by Gasteiger charge is -2.38. The molecule has 0 spiro atoms. The van der Waals surface area contributed by atoms with E-state index in [1.165, 1.54) is 16.4 Å². The van der Waals surface area contributed by atoms with Gasteiger partial charge in [-0.1, -0.05) is 16.8 Å². The lowest BCUT2D eigenvalue weighted by molar-refractivity contribution is -0.138. The van der Waals surface area contributed by atoms with Gasteiger partial charge in [-0.05, 0) is 44.0 Å². The number of carbonyl (C=O) groups excluding carboxylic acids is 1. The number of amides is 1. The number of aryl methyl sites for hydroxylation is 1. The number of halogens is 1. The molecule has 0 radical (unpaired) electrons. The SMILES string of the molecule is Cc1cc(CN2CCN(C(=O)C3CCCN(S(=O)(=O)c4ccc(Cl)cc4)C3)CC2)on1. The van der Waals surface area contributed by atoms with Crippen LogP contribution in [0.3, 0.4) is 0 Å². The zero-order valence-corrected chi connectivity index (χ0v) is 19.1. The molecule has 10 heteroatoms. The highest BCUT2D eigenvalue weighted by Crippen LogP contribution is 2.26. The second kappa shape index (κ2) is 9.28. The van der Waals surface area contributed by atoms with E-state index in [4.69, 9.17) is 16.1 Å². The van der Waals surface area contributed by atoms with Crippen molar-refractivity contribution < 1.29 is 17.7 Å². The standard InChI is InChI=1S/C21H27ClN4O4S/c1-16-13-19(30-23-16)15-24-9-11-25(12-10-24)21(27)17-3-2-8-26(14-17)31(28,29)20-6-4-18(22)5-7-20/h4-7,13,17H,2-3,8-12,14-15H2,1H3. The maximum atomic E-state index is 13.1. The van der Waals surface area contributed by atoms with Crippen LogP contribution in [0.15, 0.2) is 39.8 Å². The minimum Gasteiger partial charge on any atom is -0.360 e. The van der Waals surface area contributed by atoms with Gasteiger partial charge in [0.1, 0.15) is 0 Å². The highest BCUT2D eigenvalue weighted by molar-refractivity contribution is 7.89. The normalized spacial score (nSPS) is 21.4. The Morgan fingerprint density at radius 2 is 1.87 bits per heavy atom. The number of rotatable bonds is 5. The van der Waals surface area contributed by atoms with E-state index < -0.39 is 10.0 Å². The minimum atomic E-state index is -3.64. The van der Waals surface area contributed by atoms with Gasteiger partial charge in [0, 0.05) is 50.4 Å². The van der Waals surface area contributed by atoms with Crippen molar-refractivity contribution in [3.63, 3.8) is 0 Å². The van der Waals surface area contributed by atoms with Crippen molar-refractivity contribution in [3.05, 3.63) is 46.8 Å². The van der Waals surface area contributed by atoms with E-state index in [2.05, 4.69) is 10.1 Å². The van der Waals surface area contributed by atoms with Crippen molar-refractivity contribution in [1.29, 1.82) is 0 Å². The van der Waals surface area contributed by atoms with Crippen molar-refractivity contribution in [1.82, 2.24) is 19.3 Å². The third-order valence-electron chi connectivity index (χ3n) is 5.92. The Balaban J connectivity index is 1.34. The third-order valence-corrected chi connectivity index (χ3v) is 8.06. The van der Waals surface area contributed by atoms with Crippen LogP contribution in [0, 0.1) is 12.8 Å². The summed E-state index contributed by atoms with van der Waals surface area (Å²) in [6, 6.07) is 8.09. The van der Waals surface area contributed by atoms with Crippen LogP contribution in [-0.2, 0) is 21.4 Å². The first-order chi connectivity index (χ1) is 14.8. The Morgan fingerprint density at radius 3 is 2.52 bits per heavy atom. The first-order valence-corrected chi connectivity index (χ1v) is 12.3. The van der Waals surface area contributed by atoms with Crippen molar-refractivity contribution >= 4 is 27.5 Å². The summed E-state index contributed by atoms with van der Waals surface area (Å²) in [5.74, 6) is 0.568. The van der Waals surface area contributed by atoms with Crippen LogP contribution in [-0.4, -0.2) is 72.9 Å². The molecule has 4 rings (SSSR count). The van der Waals surface area contributed by atoms with Gasteiger partial charge < -0.3 is 9.42 Å². The number of aromatic nitrogens is 1. The summed E-state index contributed by atoms with van der Waals surface area (Å²) in [5.41, 5.74) is 0.860. The van der Waals surface area contributed by atoms with Gasteiger partial charge in [-0.2, -0.15) is 4.31 Å². The van der Waals surface area contributed by atoms with Crippen LogP contribution in [0.1, 0.15) is 24.3 Å². The Hall–Kier alpha value is -1.94. The van der Waals surface area contributed by atoms with Gasteiger partial charge in [-0.3, -0.25) is 9.69 Å². The zero-order chi connectivity index (χ0) is 22.0. The van der Waals surface area contributed by atoms with E-state index in [0.717, 1.165) is 24.5 Å². The summed E-state index contributed by atoms with van der Waals surface area (Å²) >= 11 is 5.88. The first-order valence-electron chi connectivity index (χ1n) is 10.5. The molecule has 8 nitrogen and oxygen atoms in total. The molecule has 2 aliphatic rings. The van der Waals surface area contributed by atoms with E-state index in [1.54, 1.807) is 12.1 Å². The summed E-state index contributed by atoms with van der Waals surface area (Å²) in [7, 11) is -3.64. The summed E-state index contributed by atoms with van der Waals surface area (Å²) in [6.07, 6.45) is 1.39. The molecular formula is C21H27ClN4O4S. The molecule has 2 saturated heterocycles. The van der Waals surface area contributed by atoms with Crippen LogP contribution in [0.4, 0.5) is 0 Å². The summed E-state index contributed by atoms with van der Waals surface area (Å²) in [5, 5.41) is 4.40. The number of sulfonamides is 1. The number of benzene rings is 1. The molecular weight excluding hydrogens is 440 g/mol. The Labute approximate surface area is 187 Å². The van der Waals surface area contributed by atoms with Crippen LogP contribution >= 0.6 is 11.6 Å². The van der Waals surface area contributed by atoms with Crippen molar-refractivity contribution in [2.45, 2.75) is 31.2 Å². The predicted molar refractivity (Wildman–Crippen MR) is 116 cm³/mol. The molecule has 3 heterocycles. The largest absolute Gasteiger partial charge is 0.360 e. The average molecular weight is 467 g/mol. The Morgan fingerprint density at radius 1 is 1.16 bits per heavy atom. The van der Waals surface area contributed by atoms with Crippen LogP contribution in [0.2, 0.25) is 5.02 Å². The number of hydrogen-bond donors (Lipinski definition) is 0. The van der Waals surface area contributed by atoms with Gasteiger partial charge in [0.2, 0.25) is 15.9 Å². The van der Waals surface area contributed by atoms with Gasteiger partial charge in [0.05, 0.1) is 23.1 Å². The molecule has 1 aromatic heterocycles. The van der Waals surface area contributed by atoms with Crippen LogP contribution in [0.25, 0.3) is 0 Å². The quantitative estimate of drug-likeness (QED) is 0.672. The lowest BCUT2D eigenvalue weighted by Crippen LogP contribution is -2.52. The maximum absolute atomic E-state index is 13.1. The molecule has 0 N–H and O–H groups in total. The van der Waals surface area contributed by atoms with Gasteiger partial charge in [0.15, 0.2) is 5.76 Å². The van der Waals surface area contributed by atoms with Crippen molar-refractivity contribution in [2.24, 2.45) is 5.92 Å². The molecule has 1 aromatic carbocycles. The second-order valence-electron chi connectivity index (χ2n) is 8.19.